The third-order valence-corrected chi connectivity index (χ3v) is 2.76. The van der Waals surface area contributed by atoms with Crippen LogP contribution in [0.1, 0.15) is 0 Å². The van der Waals surface area contributed by atoms with Gasteiger partial charge in [-0.05, 0) is 0 Å². The standard InChI is InChI=1S/C6H14O12P2.Ca/c7-3(1-17-19(11,12)13)5(9)6(10)4(8)2-18-20(14,15)16;/h3,5-7,9-10H,1-2H2,(H2,11,12,13)(H2,14,15,16);/q;+2/p-2. The summed E-state index contributed by atoms with van der Waals surface area (Å²) in [5.41, 5.74) is 0. The van der Waals surface area contributed by atoms with Crippen molar-refractivity contribution in [3.05, 3.63) is 0 Å². The third kappa shape index (κ3) is 12.2. The summed E-state index contributed by atoms with van der Waals surface area (Å²) in [6.45, 7) is -2.48. The van der Waals surface area contributed by atoms with Crippen LogP contribution in [0.2, 0.25) is 0 Å². The summed E-state index contributed by atoms with van der Waals surface area (Å²) in [6, 6.07) is 0. The van der Waals surface area contributed by atoms with Crippen LogP contribution < -0.4 is 9.79 Å². The number of hydrogen-bond acceptors (Lipinski definition) is 10. The van der Waals surface area contributed by atoms with Crippen molar-refractivity contribution in [2.75, 3.05) is 13.2 Å². The third-order valence-electron chi connectivity index (χ3n) is 1.83. The summed E-state index contributed by atoms with van der Waals surface area (Å²) in [5.74, 6) is -1.40. The zero-order valence-electron chi connectivity index (χ0n) is 10.3. The first kappa shape index (κ1) is 24.3. The Labute approximate surface area is 148 Å². The van der Waals surface area contributed by atoms with Gasteiger partial charge >= 0.3 is 45.6 Å². The molecule has 0 fully saturated rings. The molecule has 0 heterocycles. The summed E-state index contributed by atoms with van der Waals surface area (Å²) in [4.78, 5) is 47.9. The molecule has 0 amide bonds. The smallest absolute Gasteiger partial charge is 0.790 e. The molecule has 0 bridgehead atoms. The van der Waals surface area contributed by atoms with Crippen LogP contribution in [0.5, 0.6) is 0 Å². The Bertz CT molecular complexity index is 416. The van der Waals surface area contributed by atoms with E-state index in [4.69, 9.17) is 14.9 Å². The van der Waals surface area contributed by atoms with Crippen LogP contribution in [0.25, 0.3) is 0 Å². The zero-order valence-corrected chi connectivity index (χ0v) is 14.3. The quantitative estimate of drug-likeness (QED) is 0.189. The normalized spacial score (nSPS) is 16.7. The van der Waals surface area contributed by atoms with Crippen molar-refractivity contribution in [2.45, 2.75) is 18.3 Å². The van der Waals surface area contributed by atoms with Gasteiger partial charge in [0.15, 0.2) is 5.78 Å². The van der Waals surface area contributed by atoms with Crippen LogP contribution in [0.4, 0.5) is 0 Å². The van der Waals surface area contributed by atoms with Gasteiger partial charge in [-0.2, -0.15) is 0 Å². The number of carbonyl (C=O) groups excluding carboxylic acids is 1. The monoisotopic (exact) mass is 378 g/mol. The average Bonchev–Trinajstić information content (AvgIpc) is 2.29. The van der Waals surface area contributed by atoms with Crippen molar-refractivity contribution in [3.8, 4) is 0 Å². The largest absolute Gasteiger partial charge is 2.00 e. The molecule has 3 unspecified atom stereocenters. The number of aliphatic hydroxyl groups is 3. The summed E-state index contributed by atoms with van der Waals surface area (Å²) >= 11 is 0. The molecular weight excluding hydrogens is 366 g/mol. The SMILES string of the molecule is O=C(COP(=O)(O)O)C(O)C(O)C(O)COP(=O)([O-])[O-].[Ca+2]. The van der Waals surface area contributed by atoms with E-state index in [-0.39, 0.29) is 37.7 Å². The predicted octanol–water partition coefficient (Wildman–Crippen LogP) is -4.79. The van der Waals surface area contributed by atoms with E-state index in [1.807, 2.05) is 0 Å². The first-order valence-corrected chi connectivity index (χ1v) is 7.76. The number of hydrogen-bond donors (Lipinski definition) is 5. The molecular formula is C6H12CaO12P2. The molecule has 0 aliphatic rings. The van der Waals surface area contributed by atoms with Gasteiger partial charge in [0.1, 0.15) is 24.9 Å². The fourth-order valence-electron chi connectivity index (χ4n) is 0.900. The van der Waals surface area contributed by atoms with Gasteiger partial charge in [0.25, 0.3) is 0 Å². The minimum absolute atomic E-state index is 0. The topological polar surface area (TPSA) is 217 Å². The van der Waals surface area contributed by atoms with Crippen molar-refractivity contribution in [2.24, 2.45) is 0 Å². The van der Waals surface area contributed by atoms with Gasteiger partial charge in [-0.3, -0.25) is 9.32 Å². The number of aliphatic hydroxyl groups excluding tert-OH is 3. The van der Waals surface area contributed by atoms with Crippen LogP contribution >= 0.6 is 15.6 Å². The van der Waals surface area contributed by atoms with Gasteiger partial charge in [0.05, 0.1) is 14.4 Å². The Morgan fingerprint density at radius 3 is 1.95 bits per heavy atom. The van der Waals surface area contributed by atoms with Gasteiger partial charge in [-0.15, -0.1) is 0 Å². The molecule has 120 valence electrons. The Morgan fingerprint density at radius 1 is 1.10 bits per heavy atom. The van der Waals surface area contributed by atoms with Crippen molar-refractivity contribution in [3.63, 3.8) is 0 Å². The van der Waals surface area contributed by atoms with Gasteiger partial charge in [-0.25, -0.2) is 4.57 Å². The second-order valence-corrected chi connectivity index (χ2v) is 5.87. The first-order chi connectivity index (χ1) is 8.83. The van der Waals surface area contributed by atoms with Crippen LogP contribution in [0.3, 0.4) is 0 Å². The number of phosphoric ester groups is 2. The molecule has 12 nitrogen and oxygen atoms in total. The second-order valence-electron chi connectivity index (χ2n) is 3.48. The van der Waals surface area contributed by atoms with Gasteiger partial charge < -0.3 is 44.0 Å². The zero-order chi connectivity index (χ0) is 16.1. The fraction of sp³-hybridized carbons (Fsp3) is 0.833. The molecule has 0 aliphatic heterocycles. The van der Waals surface area contributed by atoms with E-state index in [1.54, 1.807) is 0 Å². The molecule has 3 atom stereocenters. The van der Waals surface area contributed by atoms with E-state index in [0.29, 0.717) is 0 Å². The van der Waals surface area contributed by atoms with Crippen LogP contribution in [0, 0.1) is 0 Å². The average molecular weight is 378 g/mol. The van der Waals surface area contributed by atoms with Crippen molar-refractivity contribution in [1.82, 2.24) is 0 Å². The number of phosphoric acid groups is 2. The summed E-state index contributed by atoms with van der Waals surface area (Å²) in [5, 5.41) is 27.6. The molecule has 0 spiro atoms. The maximum absolute atomic E-state index is 11.1. The predicted molar refractivity (Wildman–Crippen MR) is 60.3 cm³/mol. The Hall–Kier alpha value is 1.03. The van der Waals surface area contributed by atoms with Gasteiger partial charge in [0.2, 0.25) is 0 Å². The molecule has 5 N–H and O–H groups in total. The molecule has 0 aromatic rings. The van der Waals surface area contributed by atoms with Crippen molar-refractivity contribution in [1.29, 1.82) is 0 Å². The molecule has 15 heteroatoms. The van der Waals surface area contributed by atoms with Crippen molar-refractivity contribution < 1.29 is 57.9 Å². The Morgan fingerprint density at radius 2 is 1.57 bits per heavy atom. The molecule has 0 saturated carbocycles. The van der Waals surface area contributed by atoms with Crippen molar-refractivity contribution >= 4 is 59.2 Å². The molecule has 0 rings (SSSR count). The minimum Gasteiger partial charge on any atom is -0.790 e. The van der Waals surface area contributed by atoms with Crippen LogP contribution in [0.15, 0.2) is 0 Å². The molecule has 0 radical (unpaired) electrons. The molecule has 0 saturated heterocycles. The summed E-state index contributed by atoms with van der Waals surface area (Å²) in [6.07, 6.45) is -6.70. The van der Waals surface area contributed by atoms with E-state index in [0.717, 1.165) is 0 Å². The molecule has 0 aromatic heterocycles. The van der Waals surface area contributed by atoms with Gasteiger partial charge in [-0.1, -0.05) is 0 Å². The number of Topliss-reactive ketones (excluding diaryl/α,β-unsaturated/α-hetero) is 1. The minimum atomic E-state index is -5.41. The number of ketones is 1. The Balaban J connectivity index is 0. The number of rotatable bonds is 9. The van der Waals surface area contributed by atoms with E-state index in [2.05, 4.69) is 9.05 Å². The first-order valence-electron chi connectivity index (χ1n) is 4.77. The Kier molecular flexibility index (Phi) is 11.6. The van der Waals surface area contributed by atoms with E-state index in [1.165, 1.54) is 0 Å². The number of carbonyl (C=O) groups is 1. The second kappa shape index (κ2) is 10.0. The summed E-state index contributed by atoms with van der Waals surface area (Å²) < 4.78 is 27.7. The van der Waals surface area contributed by atoms with E-state index in [9.17, 15) is 33.9 Å². The fourth-order valence-corrected chi connectivity index (χ4v) is 1.53. The molecule has 0 aromatic carbocycles. The van der Waals surface area contributed by atoms with E-state index < -0.39 is 53.0 Å². The van der Waals surface area contributed by atoms with Crippen LogP contribution in [-0.4, -0.2) is 100 Å². The maximum Gasteiger partial charge on any atom is 2.00 e. The maximum atomic E-state index is 11.1. The van der Waals surface area contributed by atoms with E-state index >= 15 is 0 Å². The van der Waals surface area contributed by atoms with Gasteiger partial charge in [0, 0.05) is 0 Å². The van der Waals surface area contributed by atoms with Crippen LogP contribution in [-0.2, 0) is 23.0 Å². The summed E-state index contributed by atoms with van der Waals surface area (Å²) in [7, 11) is -10.4. The molecule has 0 aliphatic carbocycles. The molecule has 21 heavy (non-hydrogen) atoms.